The van der Waals surface area contributed by atoms with Crippen LogP contribution < -0.4 is 4.90 Å². The first-order valence-corrected chi connectivity index (χ1v) is 6.39. The zero-order valence-corrected chi connectivity index (χ0v) is 10.9. The van der Waals surface area contributed by atoms with Crippen LogP contribution in [0.15, 0.2) is 30.3 Å². The van der Waals surface area contributed by atoms with E-state index in [1.54, 1.807) is 11.3 Å². The first kappa shape index (κ1) is 12.1. The number of aliphatic hydroxyl groups excluding tert-OH is 1. The molecule has 1 N–H and O–H groups in total. The van der Waals surface area contributed by atoms with E-state index in [0.29, 0.717) is 6.54 Å². The van der Waals surface area contributed by atoms with Crippen molar-refractivity contribution in [3.05, 3.63) is 36.0 Å². The van der Waals surface area contributed by atoms with Crippen molar-refractivity contribution in [1.29, 1.82) is 0 Å². The maximum Gasteiger partial charge on any atom is 0.185 e. The average molecular weight is 248 g/mol. The molecule has 0 fully saturated rings. The van der Waals surface area contributed by atoms with Crippen LogP contribution >= 0.6 is 11.3 Å². The molecule has 0 aliphatic rings. The van der Waals surface area contributed by atoms with Crippen molar-refractivity contribution in [2.24, 2.45) is 0 Å². The SMILES string of the molecule is Cc1nc(N(C)CCO)sc1-c1ccccc1. The van der Waals surface area contributed by atoms with E-state index in [9.17, 15) is 0 Å². The van der Waals surface area contributed by atoms with Gasteiger partial charge in [0, 0.05) is 13.6 Å². The standard InChI is InChI=1S/C13H16N2OS/c1-10-12(11-6-4-3-5-7-11)17-13(14-10)15(2)8-9-16/h3-7,16H,8-9H2,1-2H3. The van der Waals surface area contributed by atoms with E-state index in [4.69, 9.17) is 5.11 Å². The first-order valence-electron chi connectivity index (χ1n) is 5.57. The van der Waals surface area contributed by atoms with Crippen LogP contribution in [0.4, 0.5) is 5.13 Å². The predicted octanol–water partition coefficient (Wildman–Crippen LogP) is 2.55. The minimum atomic E-state index is 0.149. The summed E-state index contributed by atoms with van der Waals surface area (Å²) in [5.41, 5.74) is 2.24. The van der Waals surface area contributed by atoms with Gasteiger partial charge in [0.05, 0.1) is 17.2 Å². The molecule has 1 aromatic heterocycles. The maximum absolute atomic E-state index is 8.93. The van der Waals surface area contributed by atoms with E-state index >= 15 is 0 Å². The van der Waals surface area contributed by atoms with Gasteiger partial charge in [-0.15, -0.1) is 0 Å². The Labute approximate surface area is 105 Å². The van der Waals surface area contributed by atoms with Crippen molar-refractivity contribution < 1.29 is 5.11 Å². The zero-order valence-electron chi connectivity index (χ0n) is 10.1. The van der Waals surface area contributed by atoms with Gasteiger partial charge in [0.2, 0.25) is 0 Å². The third kappa shape index (κ3) is 2.65. The smallest absolute Gasteiger partial charge is 0.185 e. The zero-order chi connectivity index (χ0) is 12.3. The molecule has 0 spiro atoms. The van der Waals surface area contributed by atoms with Crippen LogP contribution in [0.25, 0.3) is 10.4 Å². The number of aliphatic hydroxyl groups is 1. The highest BCUT2D eigenvalue weighted by molar-refractivity contribution is 7.19. The molecule has 0 aliphatic heterocycles. The highest BCUT2D eigenvalue weighted by Gasteiger charge is 2.11. The topological polar surface area (TPSA) is 36.4 Å². The molecule has 2 aromatic rings. The lowest BCUT2D eigenvalue weighted by Gasteiger charge is -2.12. The summed E-state index contributed by atoms with van der Waals surface area (Å²) in [5, 5.41) is 9.88. The molecule has 90 valence electrons. The molecule has 17 heavy (non-hydrogen) atoms. The van der Waals surface area contributed by atoms with Crippen LogP contribution in [-0.4, -0.2) is 30.3 Å². The van der Waals surface area contributed by atoms with Gasteiger partial charge in [-0.25, -0.2) is 4.98 Å². The summed E-state index contributed by atoms with van der Waals surface area (Å²) in [4.78, 5) is 7.71. The van der Waals surface area contributed by atoms with Gasteiger partial charge in [-0.1, -0.05) is 41.7 Å². The van der Waals surface area contributed by atoms with Crippen LogP contribution in [0.5, 0.6) is 0 Å². The summed E-state index contributed by atoms with van der Waals surface area (Å²) in [6.07, 6.45) is 0. The Bertz CT molecular complexity index is 481. The van der Waals surface area contributed by atoms with Gasteiger partial charge < -0.3 is 10.0 Å². The van der Waals surface area contributed by atoms with Crippen LogP contribution in [0.2, 0.25) is 0 Å². The van der Waals surface area contributed by atoms with Gasteiger partial charge in [0.25, 0.3) is 0 Å². The number of hydrogen-bond acceptors (Lipinski definition) is 4. The fourth-order valence-electron chi connectivity index (χ4n) is 1.65. The lowest BCUT2D eigenvalue weighted by atomic mass is 10.2. The van der Waals surface area contributed by atoms with E-state index in [-0.39, 0.29) is 6.61 Å². The molecule has 0 saturated heterocycles. The molecule has 0 saturated carbocycles. The van der Waals surface area contributed by atoms with E-state index in [0.717, 1.165) is 10.8 Å². The number of likely N-dealkylation sites (N-methyl/N-ethyl adjacent to an activating group) is 1. The van der Waals surface area contributed by atoms with E-state index in [1.165, 1.54) is 10.4 Å². The largest absolute Gasteiger partial charge is 0.395 e. The number of rotatable bonds is 4. The average Bonchev–Trinajstić information content (AvgIpc) is 2.73. The van der Waals surface area contributed by atoms with E-state index < -0.39 is 0 Å². The van der Waals surface area contributed by atoms with Gasteiger partial charge in [0.1, 0.15) is 0 Å². The molecular formula is C13H16N2OS. The molecule has 0 unspecified atom stereocenters. The minimum absolute atomic E-state index is 0.149. The minimum Gasteiger partial charge on any atom is -0.395 e. The molecule has 1 heterocycles. The molecule has 0 amide bonds. The van der Waals surface area contributed by atoms with Crippen LogP contribution in [0.3, 0.4) is 0 Å². The second-order valence-corrected chi connectivity index (χ2v) is 4.90. The summed E-state index contributed by atoms with van der Waals surface area (Å²) >= 11 is 1.66. The maximum atomic E-state index is 8.93. The van der Waals surface area contributed by atoms with Gasteiger partial charge in [-0.3, -0.25) is 0 Å². The van der Waals surface area contributed by atoms with Crippen molar-refractivity contribution in [3.63, 3.8) is 0 Å². The monoisotopic (exact) mass is 248 g/mol. The fraction of sp³-hybridized carbons (Fsp3) is 0.308. The lowest BCUT2D eigenvalue weighted by Crippen LogP contribution is -2.20. The second-order valence-electron chi connectivity index (χ2n) is 3.92. The third-order valence-electron chi connectivity index (χ3n) is 2.58. The molecule has 0 radical (unpaired) electrons. The Morgan fingerprint density at radius 1 is 1.29 bits per heavy atom. The molecule has 0 aliphatic carbocycles. The molecule has 2 rings (SSSR count). The Morgan fingerprint density at radius 3 is 2.65 bits per heavy atom. The van der Waals surface area contributed by atoms with E-state index in [1.807, 2.05) is 37.1 Å². The Hall–Kier alpha value is -1.39. The highest BCUT2D eigenvalue weighted by atomic mass is 32.1. The number of aryl methyl sites for hydroxylation is 1. The lowest BCUT2D eigenvalue weighted by molar-refractivity contribution is 0.304. The quantitative estimate of drug-likeness (QED) is 0.903. The Balaban J connectivity index is 2.31. The Kier molecular flexibility index (Phi) is 3.76. The first-order chi connectivity index (χ1) is 8.22. The van der Waals surface area contributed by atoms with Crippen molar-refractivity contribution in [1.82, 2.24) is 4.98 Å². The Morgan fingerprint density at radius 2 is 2.00 bits per heavy atom. The number of aromatic nitrogens is 1. The number of benzene rings is 1. The van der Waals surface area contributed by atoms with Gasteiger partial charge >= 0.3 is 0 Å². The predicted molar refractivity (Wildman–Crippen MR) is 72.6 cm³/mol. The summed E-state index contributed by atoms with van der Waals surface area (Å²) < 4.78 is 0. The van der Waals surface area contributed by atoms with Crippen molar-refractivity contribution >= 4 is 16.5 Å². The van der Waals surface area contributed by atoms with Crippen molar-refractivity contribution in [3.8, 4) is 10.4 Å². The van der Waals surface area contributed by atoms with Crippen molar-refractivity contribution in [2.75, 3.05) is 25.1 Å². The van der Waals surface area contributed by atoms with Gasteiger partial charge in [-0.05, 0) is 12.5 Å². The van der Waals surface area contributed by atoms with Crippen LogP contribution in [-0.2, 0) is 0 Å². The normalized spacial score (nSPS) is 10.5. The second kappa shape index (κ2) is 5.29. The number of anilines is 1. The van der Waals surface area contributed by atoms with Crippen LogP contribution in [0, 0.1) is 6.92 Å². The molecule has 0 bridgehead atoms. The molecule has 1 aromatic carbocycles. The molecule has 4 heteroatoms. The third-order valence-corrected chi connectivity index (χ3v) is 3.90. The summed E-state index contributed by atoms with van der Waals surface area (Å²) in [7, 11) is 1.95. The number of hydrogen-bond donors (Lipinski definition) is 1. The fourth-order valence-corrected chi connectivity index (χ4v) is 2.71. The van der Waals surface area contributed by atoms with Gasteiger partial charge in [0.15, 0.2) is 5.13 Å². The van der Waals surface area contributed by atoms with E-state index in [2.05, 4.69) is 17.1 Å². The highest BCUT2D eigenvalue weighted by Crippen LogP contribution is 2.33. The molecular weight excluding hydrogens is 232 g/mol. The summed E-state index contributed by atoms with van der Waals surface area (Å²) in [6, 6.07) is 10.3. The number of nitrogens with zero attached hydrogens (tertiary/aromatic N) is 2. The summed E-state index contributed by atoms with van der Waals surface area (Å²) in [5.74, 6) is 0. The number of thiazole rings is 1. The molecule has 3 nitrogen and oxygen atoms in total. The van der Waals surface area contributed by atoms with Gasteiger partial charge in [-0.2, -0.15) is 0 Å². The van der Waals surface area contributed by atoms with Crippen molar-refractivity contribution in [2.45, 2.75) is 6.92 Å². The molecule has 0 atom stereocenters. The van der Waals surface area contributed by atoms with Crippen LogP contribution in [0.1, 0.15) is 5.69 Å². The summed E-state index contributed by atoms with van der Waals surface area (Å²) in [6.45, 7) is 2.78.